The molecule has 3 aromatic rings. The topological polar surface area (TPSA) is 83.4 Å². The molecule has 1 aromatic heterocycles. The summed E-state index contributed by atoms with van der Waals surface area (Å²) in [7, 11) is 0. The summed E-state index contributed by atoms with van der Waals surface area (Å²) in [6.45, 7) is 1.47. The quantitative estimate of drug-likeness (QED) is 0.651. The average Bonchev–Trinajstić information content (AvgIpc) is 3.13. The first-order valence-electron chi connectivity index (χ1n) is 7.70. The molecule has 0 bridgehead atoms. The molecule has 3 rings (SSSR count). The van der Waals surface area contributed by atoms with E-state index in [9.17, 15) is 9.59 Å². The third-order valence-corrected chi connectivity index (χ3v) is 3.38. The monoisotopic (exact) mass is 335 g/mol. The van der Waals surface area contributed by atoms with Crippen LogP contribution in [-0.4, -0.2) is 11.8 Å². The van der Waals surface area contributed by atoms with Gasteiger partial charge in [-0.3, -0.25) is 9.59 Å². The van der Waals surface area contributed by atoms with Crippen molar-refractivity contribution in [2.75, 3.05) is 16.0 Å². The summed E-state index contributed by atoms with van der Waals surface area (Å²) < 4.78 is 5.05. The summed E-state index contributed by atoms with van der Waals surface area (Å²) in [6, 6.07) is 18.0. The predicted octanol–water partition coefficient (Wildman–Crippen LogP) is 4.23. The number of nitrogens with one attached hydrogen (secondary N) is 3. The van der Waals surface area contributed by atoms with Gasteiger partial charge in [-0.25, -0.2) is 0 Å². The molecule has 25 heavy (non-hydrogen) atoms. The number of benzene rings is 2. The van der Waals surface area contributed by atoms with Crippen molar-refractivity contribution in [1.82, 2.24) is 0 Å². The molecule has 0 spiro atoms. The van der Waals surface area contributed by atoms with E-state index in [-0.39, 0.29) is 17.6 Å². The Labute approximate surface area is 144 Å². The highest BCUT2D eigenvalue weighted by Crippen LogP contribution is 2.21. The standard InChI is InChI=1S/C19H17N3O3/c1-13(23)20-14-4-6-15(7-5-14)21-16-8-10-17(11-9-16)22-19(24)18-3-2-12-25-18/h2-12,21H,1H3,(H,20,23)(H,22,24). The number of rotatable bonds is 5. The van der Waals surface area contributed by atoms with Crippen molar-refractivity contribution < 1.29 is 14.0 Å². The lowest BCUT2D eigenvalue weighted by Crippen LogP contribution is -2.10. The Bertz CT molecular complexity index is 854. The van der Waals surface area contributed by atoms with Crippen LogP contribution < -0.4 is 16.0 Å². The van der Waals surface area contributed by atoms with Crippen molar-refractivity contribution in [3.63, 3.8) is 0 Å². The second kappa shape index (κ2) is 7.35. The van der Waals surface area contributed by atoms with Gasteiger partial charge < -0.3 is 20.4 Å². The number of anilines is 4. The van der Waals surface area contributed by atoms with Crippen LogP contribution in [0.5, 0.6) is 0 Å². The summed E-state index contributed by atoms with van der Waals surface area (Å²) in [5, 5.41) is 8.73. The molecule has 2 amide bonds. The van der Waals surface area contributed by atoms with Gasteiger partial charge in [0.1, 0.15) is 0 Å². The number of carbonyl (C=O) groups is 2. The molecule has 0 aliphatic carbocycles. The Kier molecular flexibility index (Phi) is 4.80. The third-order valence-electron chi connectivity index (χ3n) is 3.38. The zero-order valence-electron chi connectivity index (χ0n) is 13.6. The normalized spacial score (nSPS) is 10.1. The van der Waals surface area contributed by atoms with Crippen LogP contribution in [0.1, 0.15) is 17.5 Å². The number of furan rings is 1. The smallest absolute Gasteiger partial charge is 0.291 e. The van der Waals surface area contributed by atoms with Crippen LogP contribution in [0.2, 0.25) is 0 Å². The molecule has 0 fully saturated rings. The molecule has 0 unspecified atom stereocenters. The van der Waals surface area contributed by atoms with Gasteiger partial charge in [0.2, 0.25) is 5.91 Å². The molecule has 0 aliphatic rings. The third kappa shape index (κ3) is 4.48. The van der Waals surface area contributed by atoms with Crippen molar-refractivity contribution >= 4 is 34.6 Å². The maximum atomic E-state index is 11.9. The molecule has 0 saturated carbocycles. The molecular formula is C19H17N3O3. The van der Waals surface area contributed by atoms with Crippen LogP contribution >= 0.6 is 0 Å². The first-order valence-corrected chi connectivity index (χ1v) is 7.70. The van der Waals surface area contributed by atoms with Gasteiger partial charge in [0.25, 0.3) is 5.91 Å². The molecule has 126 valence electrons. The second-order valence-electron chi connectivity index (χ2n) is 5.39. The number of carbonyl (C=O) groups excluding carboxylic acids is 2. The minimum absolute atomic E-state index is 0.104. The van der Waals surface area contributed by atoms with Crippen molar-refractivity contribution in [3.05, 3.63) is 72.7 Å². The van der Waals surface area contributed by atoms with E-state index in [2.05, 4.69) is 16.0 Å². The van der Waals surface area contributed by atoms with Crippen LogP contribution in [0, 0.1) is 0 Å². The maximum absolute atomic E-state index is 11.9. The Hall–Kier alpha value is -3.54. The maximum Gasteiger partial charge on any atom is 0.291 e. The van der Waals surface area contributed by atoms with Crippen molar-refractivity contribution in [2.45, 2.75) is 6.92 Å². The highest BCUT2D eigenvalue weighted by atomic mass is 16.3. The van der Waals surface area contributed by atoms with E-state index >= 15 is 0 Å². The molecule has 2 aromatic carbocycles. The van der Waals surface area contributed by atoms with Crippen LogP contribution in [0.4, 0.5) is 22.7 Å². The highest BCUT2D eigenvalue weighted by Gasteiger charge is 2.08. The summed E-state index contributed by atoms with van der Waals surface area (Å²) in [4.78, 5) is 22.9. The van der Waals surface area contributed by atoms with Crippen LogP contribution in [0.3, 0.4) is 0 Å². The highest BCUT2D eigenvalue weighted by molar-refractivity contribution is 6.02. The van der Waals surface area contributed by atoms with Gasteiger partial charge in [-0.1, -0.05) is 0 Å². The predicted molar refractivity (Wildman–Crippen MR) is 97.1 cm³/mol. The van der Waals surface area contributed by atoms with Crippen molar-refractivity contribution in [2.24, 2.45) is 0 Å². The molecule has 0 aliphatic heterocycles. The Balaban J connectivity index is 1.60. The molecule has 6 heteroatoms. The number of hydrogen-bond acceptors (Lipinski definition) is 4. The van der Waals surface area contributed by atoms with Gasteiger partial charge in [-0.05, 0) is 60.7 Å². The lowest BCUT2D eigenvalue weighted by Gasteiger charge is -2.09. The SMILES string of the molecule is CC(=O)Nc1ccc(Nc2ccc(NC(=O)c3ccco3)cc2)cc1. The minimum Gasteiger partial charge on any atom is -0.459 e. The largest absolute Gasteiger partial charge is 0.459 e. The fourth-order valence-corrected chi connectivity index (χ4v) is 2.24. The summed E-state index contributed by atoms with van der Waals surface area (Å²) in [5.41, 5.74) is 3.19. The van der Waals surface area contributed by atoms with Crippen LogP contribution in [-0.2, 0) is 4.79 Å². The van der Waals surface area contributed by atoms with Crippen molar-refractivity contribution in [1.29, 1.82) is 0 Å². The summed E-state index contributed by atoms with van der Waals surface area (Å²) in [5.74, 6) is -0.131. The van der Waals surface area contributed by atoms with Crippen LogP contribution in [0.25, 0.3) is 0 Å². The molecule has 1 heterocycles. The second-order valence-corrected chi connectivity index (χ2v) is 5.39. The van der Waals surface area contributed by atoms with Crippen LogP contribution in [0.15, 0.2) is 71.3 Å². The molecule has 3 N–H and O–H groups in total. The van der Waals surface area contributed by atoms with Gasteiger partial charge in [-0.15, -0.1) is 0 Å². The minimum atomic E-state index is -0.292. The average molecular weight is 335 g/mol. The Morgan fingerprint density at radius 1 is 0.760 bits per heavy atom. The first kappa shape index (κ1) is 16.3. The van der Waals surface area contributed by atoms with Gasteiger partial charge >= 0.3 is 0 Å². The number of amides is 2. The Morgan fingerprint density at radius 3 is 1.76 bits per heavy atom. The van der Waals surface area contributed by atoms with Gasteiger partial charge in [0.15, 0.2) is 5.76 Å². The van der Waals surface area contributed by atoms with E-state index in [0.717, 1.165) is 17.1 Å². The van der Waals surface area contributed by atoms with E-state index < -0.39 is 0 Å². The van der Waals surface area contributed by atoms with Gasteiger partial charge in [-0.2, -0.15) is 0 Å². The van der Waals surface area contributed by atoms with Gasteiger partial charge in [0, 0.05) is 29.7 Å². The molecule has 0 atom stereocenters. The zero-order valence-corrected chi connectivity index (χ0v) is 13.6. The van der Waals surface area contributed by atoms with E-state index in [1.165, 1.54) is 13.2 Å². The fraction of sp³-hybridized carbons (Fsp3) is 0.0526. The lowest BCUT2D eigenvalue weighted by molar-refractivity contribution is -0.114. The molecule has 0 saturated heterocycles. The van der Waals surface area contributed by atoms with E-state index in [1.807, 2.05) is 36.4 Å². The summed E-state index contributed by atoms with van der Waals surface area (Å²) in [6.07, 6.45) is 1.46. The van der Waals surface area contributed by atoms with E-state index in [4.69, 9.17) is 4.42 Å². The fourth-order valence-electron chi connectivity index (χ4n) is 2.24. The number of hydrogen-bond donors (Lipinski definition) is 3. The van der Waals surface area contributed by atoms with E-state index in [0.29, 0.717) is 5.69 Å². The first-order chi connectivity index (χ1) is 12.1. The van der Waals surface area contributed by atoms with E-state index in [1.54, 1.807) is 24.3 Å². The van der Waals surface area contributed by atoms with Crippen molar-refractivity contribution in [3.8, 4) is 0 Å². The zero-order chi connectivity index (χ0) is 17.6. The molecule has 6 nitrogen and oxygen atoms in total. The lowest BCUT2D eigenvalue weighted by atomic mass is 10.2. The molecule has 0 radical (unpaired) electrons. The summed E-state index contributed by atoms with van der Waals surface area (Å²) >= 11 is 0. The molecular weight excluding hydrogens is 318 g/mol. The Morgan fingerprint density at radius 2 is 1.28 bits per heavy atom. The van der Waals surface area contributed by atoms with Gasteiger partial charge in [0.05, 0.1) is 6.26 Å².